The molecule has 1 heterocycles. The van der Waals surface area contributed by atoms with E-state index in [0.29, 0.717) is 16.8 Å². The van der Waals surface area contributed by atoms with Crippen molar-refractivity contribution in [1.82, 2.24) is 9.99 Å². The van der Waals surface area contributed by atoms with Crippen molar-refractivity contribution in [3.8, 4) is 6.07 Å². The number of nitrogens with one attached hydrogen (secondary N) is 2. The van der Waals surface area contributed by atoms with Gasteiger partial charge in [0.2, 0.25) is 5.56 Å². The van der Waals surface area contributed by atoms with Crippen LogP contribution in [0.3, 0.4) is 0 Å². The fraction of sp³-hybridized carbons (Fsp3) is 0.0714. The Balaban J connectivity index is 2.06. The summed E-state index contributed by atoms with van der Waals surface area (Å²) in [6.45, 7) is 0. The Morgan fingerprint density at radius 1 is 1.30 bits per heavy atom. The number of hydrazine groups is 1. The first-order valence-electron chi connectivity index (χ1n) is 5.83. The van der Waals surface area contributed by atoms with Crippen molar-refractivity contribution in [2.75, 3.05) is 5.43 Å². The Morgan fingerprint density at radius 3 is 2.80 bits per heavy atom. The summed E-state index contributed by atoms with van der Waals surface area (Å²) in [5.41, 5.74) is 6.48. The molecular formula is C14H12N4O2. The molecule has 2 N–H and O–H groups in total. The van der Waals surface area contributed by atoms with E-state index in [0.717, 1.165) is 0 Å². The van der Waals surface area contributed by atoms with Crippen LogP contribution in [0.2, 0.25) is 0 Å². The van der Waals surface area contributed by atoms with Gasteiger partial charge in [0.1, 0.15) is 0 Å². The molecule has 0 saturated carbocycles. The second-order valence-corrected chi connectivity index (χ2v) is 4.14. The first-order chi connectivity index (χ1) is 9.60. The number of benzene rings is 1. The molecule has 2 rings (SSSR count). The monoisotopic (exact) mass is 268 g/mol. The number of carbonyl (C=O) groups is 1. The topological polar surface area (TPSA) is 86.9 Å². The molecule has 6 heteroatoms. The van der Waals surface area contributed by atoms with Gasteiger partial charge in [0.05, 0.1) is 22.9 Å². The van der Waals surface area contributed by atoms with Gasteiger partial charge in [-0.3, -0.25) is 20.4 Å². The Kier molecular flexibility index (Phi) is 3.82. The van der Waals surface area contributed by atoms with E-state index in [-0.39, 0.29) is 11.5 Å². The van der Waals surface area contributed by atoms with Crippen LogP contribution in [-0.4, -0.2) is 10.5 Å². The van der Waals surface area contributed by atoms with E-state index in [1.54, 1.807) is 31.3 Å². The molecular weight excluding hydrogens is 256 g/mol. The van der Waals surface area contributed by atoms with Crippen molar-refractivity contribution < 1.29 is 4.79 Å². The van der Waals surface area contributed by atoms with Crippen molar-refractivity contribution in [2.24, 2.45) is 7.05 Å². The zero-order valence-corrected chi connectivity index (χ0v) is 10.8. The third kappa shape index (κ3) is 3.03. The maximum atomic E-state index is 11.9. The average molecular weight is 268 g/mol. The van der Waals surface area contributed by atoms with Crippen LogP contribution in [0.4, 0.5) is 5.69 Å². The Bertz CT molecular complexity index is 743. The standard InChI is InChI=1S/C14H12N4O2/c1-18-9-11(5-6-13(18)19)14(20)17-16-12-4-2-3-10(7-12)8-15/h2-7,9,16H,1H3,(H,17,20). The van der Waals surface area contributed by atoms with Gasteiger partial charge in [-0.05, 0) is 24.3 Å². The van der Waals surface area contributed by atoms with Gasteiger partial charge in [0.15, 0.2) is 0 Å². The quantitative estimate of drug-likeness (QED) is 0.813. The maximum absolute atomic E-state index is 11.9. The predicted molar refractivity (Wildman–Crippen MR) is 73.9 cm³/mol. The highest BCUT2D eigenvalue weighted by Crippen LogP contribution is 2.08. The number of hydrogen-bond donors (Lipinski definition) is 2. The fourth-order valence-corrected chi connectivity index (χ4v) is 1.60. The van der Waals surface area contributed by atoms with Gasteiger partial charge in [-0.2, -0.15) is 5.26 Å². The van der Waals surface area contributed by atoms with Crippen LogP contribution >= 0.6 is 0 Å². The van der Waals surface area contributed by atoms with Crippen molar-refractivity contribution >= 4 is 11.6 Å². The number of hydrogen-bond acceptors (Lipinski definition) is 4. The Hall–Kier alpha value is -3.07. The highest BCUT2D eigenvalue weighted by molar-refractivity contribution is 5.94. The number of carbonyl (C=O) groups excluding carboxylic acids is 1. The fourth-order valence-electron chi connectivity index (χ4n) is 1.60. The molecule has 0 atom stereocenters. The summed E-state index contributed by atoms with van der Waals surface area (Å²) in [7, 11) is 1.57. The molecule has 0 unspecified atom stereocenters. The van der Waals surface area contributed by atoms with Crippen LogP contribution in [0.15, 0.2) is 47.4 Å². The van der Waals surface area contributed by atoms with E-state index in [1.165, 1.54) is 22.9 Å². The molecule has 100 valence electrons. The van der Waals surface area contributed by atoms with Crippen molar-refractivity contribution in [3.05, 3.63) is 64.1 Å². The Labute approximate surface area is 115 Å². The van der Waals surface area contributed by atoms with E-state index in [9.17, 15) is 9.59 Å². The van der Waals surface area contributed by atoms with Gasteiger partial charge in [-0.25, -0.2) is 0 Å². The van der Waals surface area contributed by atoms with E-state index < -0.39 is 0 Å². The molecule has 1 aromatic carbocycles. The van der Waals surface area contributed by atoms with Gasteiger partial charge < -0.3 is 4.57 Å². The van der Waals surface area contributed by atoms with Crippen molar-refractivity contribution in [3.63, 3.8) is 0 Å². The van der Waals surface area contributed by atoms with Gasteiger partial charge in [-0.1, -0.05) is 6.07 Å². The minimum absolute atomic E-state index is 0.184. The molecule has 0 aliphatic rings. The van der Waals surface area contributed by atoms with Gasteiger partial charge >= 0.3 is 0 Å². The van der Waals surface area contributed by atoms with E-state index in [4.69, 9.17) is 5.26 Å². The number of nitriles is 1. The minimum Gasteiger partial charge on any atom is -0.318 e. The third-order valence-corrected chi connectivity index (χ3v) is 2.66. The molecule has 0 spiro atoms. The summed E-state index contributed by atoms with van der Waals surface area (Å²) in [4.78, 5) is 23.1. The molecule has 0 aliphatic carbocycles. The number of rotatable bonds is 3. The SMILES string of the molecule is Cn1cc(C(=O)NNc2cccc(C#N)c2)ccc1=O. The zero-order valence-electron chi connectivity index (χ0n) is 10.8. The highest BCUT2D eigenvalue weighted by atomic mass is 16.2. The number of anilines is 1. The van der Waals surface area contributed by atoms with Crippen LogP contribution in [0, 0.1) is 11.3 Å². The molecule has 0 radical (unpaired) electrons. The largest absolute Gasteiger partial charge is 0.318 e. The molecule has 6 nitrogen and oxygen atoms in total. The van der Waals surface area contributed by atoms with Crippen LogP contribution in [-0.2, 0) is 7.05 Å². The van der Waals surface area contributed by atoms with Crippen LogP contribution in [0.25, 0.3) is 0 Å². The first-order valence-corrected chi connectivity index (χ1v) is 5.83. The van der Waals surface area contributed by atoms with Crippen LogP contribution in [0.5, 0.6) is 0 Å². The van der Waals surface area contributed by atoms with Crippen LogP contribution in [0.1, 0.15) is 15.9 Å². The molecule has 0 saturated heterocycles. The summed E-state index contributed by atoms with van der Waals surface area (Å²) in [5, 5.41) is 8.78. The molecule has 1 amide bonds. The maximum Gasteiger partial charge on any atom is 0.271 e. The summed E-state index contributed by atoms with van der Waals surface area (Å²) in [6, 6.07) is 11.5. The van der Waals surface area contributed by atoms with Gasteiger partial charge in [0, 0.05) is 19.3 Å². The number of pyridine rings is 1. The summed E-state index contributed by atoms with van der Waals surface area (Å²) >= 11 is 0. The van der Waals surface area contributed by atoms with E-state index in [2.05, 4.69) is 10.9 Å². The highest BCUT2D eigenvalue weighted by Gasteiger charge is 2.06. The van der Waals surface area contributed by atoms with E-state index in [1.807, 2.05) is 6.07 Å². The van der Waals surface area contributed by atoms with Crippen molar-refractivity contribution in [1.29, 1.82) is 5.26 Å². The second-order valence-electron chi connectivity index (χ2n) is 4.14. The first kappa shape index (κ1) is 13.4. The Morgan fingerprint density at radius 2 is 2.10 bits per heavy atom. The van der Waals surface area contributed by atoms with Gasteiger partial charge in [0.25, 0.3) is 5.91 Å². The lowest BCUT2D eigenvalue weighted by Crippen LogP contribution is -2.30. The normalized spacial score (nSPS) is 9.60. The smallest absolute Gasteiger partial charge is 0.271 e. The number of aromatic nitrogens is 1. The summed E-state index contributed by atoms with van der Waals surface area (Å²) < 4.78 is 1.32. The van der Waals surface area contributed by atoms with E-state index >= 15 is 0 Å². The molecule has 1 aromatic heterocycles. The lowest BCUT2D eigenvalue weighted by molar-refractivity contribution is 0.0962. The number of amides is 1. The molecule has 0 fully saturated rings. The van der Waals surface area contributed by atoms with Crippen LogP contribution < -0.4 is 16.4 Å². The lowest BCUT2D eigenvalue weighted by Gasteiger charge is -2.09. The predicted octanol–water partition coefficient (Wildman–Crippen LogP) is 1.01. The number of aryl methyl sites for hydroxylation is 1. The third-order valence-electron chi connectivity index (χ3n) is 2.66. The van der Waals surface area contributed by atoms with Crippen molar-refractivity contribution in [2.45, 2.75) is 0 Å². The molecule has 2 aromatic rings. The summed E-state index contributed by atoms with van der Waals surface area (Å²) in [5.74, 6) is -0.372. The average Bonchev–Trinajstić information content (AvgIpc) is 2.47. The molecule has 0 aliphatic heterocycles. The minimum atomic E-state index is -0.372. The van der Waals surface area contributed by atoms with Gasteiger partial charge in [-0.15, -0.1) is 0 Å². The zero-order chi connectivity index (χ0) is 14.5. The number of nitrogens with zero attached hydrogens (tertiary/aromatic N) is 2. The lowest BCUT2D eigenvalue weighted by atomic mass is 10.2. The molecule has 20 heavy (non-hydrogen) atoms. The second kappa shape index (κ2) is 5.71. The summed E-state index contributed by atoms with van der Waals surface area (Å²) in [6.07, 6.45) is 1.45. The molecule has 0 bridgehead atoms.